The molecule has 1 fully saturated rings. The van der Waals surface area contributed by atoms with Gasteiger partial charge in [0.05, 0.1) is 6.04 Å². The number of aromatic nitrogens is 1. The van der Waals surface area contributed by atoms with Crippen LogP contribution in [0.3, 0.4) is 0 Å². The first-order chi connectivity index (χ1) is 16.3. The van der Waals surface area contributed by atoms with E-state index in [9.17, 15) is 19.8 Å². The van der Waals surface area contributed by atoms with E-state index in [4.69, 9.17) is 11.6 Å². The van der Waals surface area contributed by atoms with Crippen LogP contribution >= 0.6 is 34.3 Å². The Morgan fingerprint density at radius 3 is 2.74 bits per heavy atom. The van der Waals surface area contributed by atoms with Crippen LogP contribution in [-0.4, -0.2) is 50.5 Å². The van der Waals surface area contributed by atoms with E-state index in [1.54, 1.807) is 16.2 Å². The van der Waals surface area contributed by atoms with E-state index in [1.807, 2.05) is 48.0 Å². The third kappa shape index (κ3) is 5.75. The average Bonchev–Trinajstić information content (AvgIpc) is 3.58. The molecule has 6 nitrogen and oxygen atoms in total. The molecule has 2 N–H and O–H groups in total. The molecule has 3 aromatic rings. The predicted molar refractivity (Wildman–Crippen MR) is 134 cm³/mol. The first kappa shape index (κ1) is 25.0. The second-order valence-electron chi connectivity index (χ2n) is 8.56. The zero-order chi connectivity index (χ0) is 24.2. The first-order valence-electron chi connectivity index (χ1n) is 11.2. The van der Waals surface area contributed by atoms with Gasteiger partial charge < -0.3 is 15.1 Å². The molecule has 3 heterocycles. The third-order valence-corrected chi connectivity index (χ3v) is 8.50. The van der Waals surface area contributed by atoms with Crippen molar-refractivity contribution in [2.75, 3.05) is 6.54 Å². The Hall–Kier alpha value is -2.10. The molecule has 4 rings (SSSR count). The molecule has 3 atom stereocenters. The van der Waals surface area contributed by atoms with Gasteiger partial charge in [0.15, 0.2) is 11.9 Å². The Kier molecular flexibility index (Phi) is 8.16. The Morgan fingerprint density at radius 1 is 1.21 bits per heavy atom. The van der Waals surface area contributed by atoms with E-state index in [-0.39, 0.29) is 12.5 Å². The summed E-state index contributed by atoms with van der Waals surface area (Å²) in [6.07, 6.45) is -0.773. The molecule has 0 aliphatic carbocycles. The van der Waals surface area contributed by atoms with E-state index in [1.165, 1.54) is 11.3 Å². The number of rotatable bonds is 9. The second kappa shape index (κ2) is 11.1. The minimum absolute atomic E-state index is 0.0483. The SMILES string of the molecule is Cc1csc([C@H]2CCCN2C(=O)[C@H](O)[C@@H](O)C(=O)CCc2cc(Cc3ccccc3Cl)cs2)n1. The van der Waals surface area contributed by atoms with Crippen molar-refractivity contribution in [3.63, 3.8) is 0 Å². The molecule has 1 amide bonds. The minimum atomic E-state index is -1.77. The van der Waals surface area contributed by atoms with Crippen molar-refractivity contribution in [1.82, 2.24) is 9.88 Å². The van der Waals surface area contributed by atoms with Crippen LogP contribution in [0, 0.1) is 6.92 Å². The lowest BCUT2D eigenvalue weighted by atomic mass is 10.0. The lowest BCUT2D eigenvalue weighted by Crippen LogP contribution is -2.47. The molecule has 0 radical (unpaired) electrons. The number of aliphatic hydroxyl groups excluding tert-OH is 2. The molecule has 1 aliphatic rings. The molecule has 2 aromatic heterocycles. The maximum atomic E-state index is 12.9. The summed E-state index contributed by atoms with van der Waals surface area (Å²) in [6, 6.07) is 9.50. The molecule has 0 saturated carbocycles. The van der Waals surface area contributed by atoms with E-state index in [2.05, 4.69) is 4.98 Å². The highest BCUT2D eigenvalue weighted by atomic mass is 35.5. The van der Waals surface area contributed by atoms with Gasteiger partial charge in [-0.25, -0.2) is 4.98 Å². The van der Waals surface area contributed by atoms with Crippen molar-refractivity contribution >= 4 is 46.0 Å². The summed E-state index contributed by atoms with van der Waals surface area (Å²) in [5.41, 5.74) is 3.03. The van der Waals surface area contributed by atoms with Crippen molar-refractivity contribution in [2.45, 2.75) is 57.3 Å². The number of hydrogen-bond donors (Lipinski definition) is 2. The molecular formula is C25H27ClN2O4S2. The molecular weight excluding hydrogens is 492 g/mol. The molecule has 0 spiro atoms. The molecule has 34 heavy (non-hydrogen) atoms. The smallest absolute Gasteiger partial charge is 0.255 e. The largest absolute Gasteiger partial charge is 0.382 e. The second-order valence-corrected chi connectivity index (χ2v) is 10.9. The fourth-order valence-electron chi connectivity index (χ4n) is 4.20. The summed E-state index contributed by atoms with van der Waals surface area (Å²) in [6.45, 7) is 2.37. The van der Waals surface area contributed by atoms with Gasteiger partial charge in [0.1, 0.15) is 11.1 Å². The third-order valence-electron chi connectivity index (χ3n) is 6.02. The van der Waals surface area contributed by atoms with Gasteiger partial charge in [-0.15, -0.1) is 22.7 Å². The van der Waals surface area contributed by atoms with Gasteiger partial charge in [-0.3, -0.25) is 9.59 Å². The number of Topliss-reactive ketones (excluding diaryl/α,β-unsaturated/α-hetero) is 1. The number of likely N-dealkylation sites (tertiary alicyclic amines) is 1. The summed E-state index contributed by atoms with van der Waals surface area (Å²) in [5, 5.41) is 26.4. The highest BCUT2D eigenvalue weighted by molar-refractivity contribution is 7.10. The fourth-order valence-corrected chi connectivity index (χ4v) is 6.24. The van der Waals surface area contributed by atoms with Crippen LogP contribution in [0.15, 0.2) is 41.1 Å². The fraction of sp³-hybridized carbons (Fsp3) is 0.400. The number of hydrogen-bond acceptors (Lipinski definition) is 7. The van der Waals surface area contributed by atoms with E-state index in [0.29, 0.717) is 19.4 Å². The van der Waals surface area contributed by atoms with Crippen LogP contribution in [-0.2, 0) is 22.4 Å². The first-order valence-corrected chi connectivity index (χ1v) is 13.4. The quantitative estimate of drug-likeness (QED) is 0.439. The van der Waals surface area contributed by atoms with Gasteiger partial charge >= 0.3 is 0 Å². The average molecular weight is 519 g/mol. The van der Waals surface area contributed by atoms with Gasteiger partial charge in [-0.2, -0.15) is 0 Å². The standard InChI is InChI=1S/C25H27ClN2O4S2/c1-15-13-34-24(27-15)20-7-4-10-28(20)25(32)23(31)22(30)21(29)9-8-18-12-16(14-33-18)11-17-5-2-3-6-19(17)26/h2-3,5-6,12-14,20,22-23,30-31H,4,7-11H2,1H3/t20-,22+,23-/m1/s1. The Balaban J connectivity index is 1.31. The lowest BCUT2D eigenvalue weighted by Gasteiger charge is -2.27. The molecule has 1 aliphatic heterocycles. The molecule has 1 aromatic carbocycles. The number of thiophene rings is 1. The Labute approximate surface area is 211 Å². The van der Waals surface area contributed by atoms with Crippen molar-refractivity contribution in [3.8, 4) is 0 Å². The van der Waals surface area contributed by atoms with Gasteiger partial charge in [0, 0.05) is 33.9 Å². The van der Waals surface area contributed by atoms with Crippen LogP contribution in [0.5, 0.6) is 0 Å². The van der Waals surface area contributed by atoms with Crippen LogP contribution in [0.4, 0.5) is 0 Å². The topological polar surface area (TPSA) is 90.7 Å². The van der Waals surface area contributed by atoms with Crippen LogP contribution < -0.4 is 0 Å². The number of nitrogens with zero attached hydrogens (tertiary/aromatic N) is 2. The van der Waals surface area contributed by atoms with Gasteiger partial charge in [-0.05, 0) is 61.2 Å². The Morgan fingerprint density at radius 2 is 2.00 bits per heavy atom. The zero-order valence-electron chi connectivity index (χ0n) is 18.8. The molecule has 0 unspecified atom stereocenters. The number of amides is 1. The highest BCUT2D eigenvalue weighted by Gasteiger charge is 2.39. The van der Waals surface area contributed by atoms with E-state index < -0.39 is 23.9 Å². The number of aryl methyl sites for hydroxylation is 2. The number of thiazole rings is 1. The van der Waals surface area contributed by atoms with Crippen molar-refractivity contribution in [3.05, 3.63) is 72.8 Å². The van der Waals surface area contributed by atoms with Gasteiger partial charge in [-0.1, -0.05) is 29.8 Å². The number of benzene rings is 1. The maximum Gasteiger partial charge on any atom is 0.255 e. The van der Waals surface area contributed by atoms with Crippen molar-refractivity contribution < 1.29 is 19.8 Å². The number of halogens is 1. The van der Waals surface area contributed by atoms with Crippen LogP contribution in [0.2, 0.25) is 5.02 Å². The number of ketones is 1. The van der Waals surface area contributed by atoms with Gasteiger partial charge in [0.2, 0.25) is 0 Å². The lowest BCUT2D eigenvalue weighted by molar-refractivity contribution is -0.153. The molecule has 9 heteroatoms. The molecule has 180 valence electrons. The zero-order valence-corrected chi connectivity index (χ0v) is 21.2. The number of carbonyl (C=O) groups excluding carboxylic acids is 2. The van der Waals surface area contributed by atoms with Crippen LogP contribution in [0.1, 0.15) is 52.0 Å². The monoisotopic (exact) mass is 518 g/mol. The normalized spacial score (nSPS) is 17.6. The number of aliphatic hydroxyl groups is 2. The summed E-state index contributed by atoms with van der Waals surface area (Å²) >= 11 is 9.26. The van der Waals surface area contributed by atoms with Crippen molar-refractivity contribution in [1.29, 1.82) is 0 Å². The van der Waals surface area contributed by atoms with Crippen molar-refractivity contribution in [2.24, 2.45) is 0 Å². The summed E-state index contributed by atoms with van der Waals surface area (Å²) in [4.78, 5) is 32.5. The summed E-state index contributed by atoms with van der Waals surface area (Å²) in [5.74, 6) is -1.16. The number of carbonyl (C=O) groups is 2. The Bertz CT molecular complexity index is 1160. The summed E-state index contributed by atoms with van der Waals surface area (Å²) < 4.78 is 0. The van der Waals surface area contributed by atoms with E-state index >= 15 is 0 Å². The summed E-state index contributed by atoms with van der Waals surface area (Å²) in [7, 11) is 0. The minimum Gasteiger partial charge on any atom is -0.382 e. The highest BCUT2D eigenvalue weighted by Crippen LogP contribution is 2.34. The van der Waals surface area contributed by atoms with Crippen LogP contribution in [0.25, 0.3) is 0 Å². The maximum absolute atomic E-state index is 12.9. The molecule has 1 saturated heterocycles. The molecule has 0 bridgehead atoms. The van der Waals surface area contributed by atoms with E-state index in [0.717, 1.165) is 44.6 Å². The predicted octanol–water partition coefficient (Wildman–Crippen LogP) is 4.34. The van der Waals surface area contributed by atoms with Gasteiger partial charge in [0.25, 0.3) is 5.91 Å².